The standard InChI is InChI=1S/C26H24BrN7O4S/c1-16-8-10-20(11-9-16)28-15-23-30-32-26(33(23)21-6-4-3-5-7-21)39-17(2)25(36)31-29-14-18-12-19(27)13-22(24(18)35)34(37)38/h3-14,17,28,35H,15H2,1-2H3,(H,31,36). The van der Waals surface area contributed by atoms with Crippen molar-refractivity contribution < 1.29 is 14.8 Å². The maximum Gasteiger partial charge on any atom is 0.312 e. The normalized spacial score (nSPS) is 11.9. The van der Waals surface area contributed by atoms with Gasteiger partial charge < -0.3 is 10.4 Å². The number of hydrazone groups is 1. The molecule has 0 aliphatic carbocycles. The lowest BCUT2D eigenvalue weighted by atomic mass is 10.2. The molecule has 0 fully saturated rings. The van der Waals surface area contributed by atoms with Crippen LogP contribution in [0.3, 0.4) is 0 Å². The number of para-hydroxylation sites is 1. The minimum absolute atomic E-state index is 0.0752. The molecule has 0 spiro atoms. The number of nitrogens with zero attached hydrogens (tertiary/aromatic N) is 5. The fourth-order valence-corrected chi connectivity index (χ4v) is 4.83. The van der Waals surface area contributed by atoms with E-state index < -0.39 is 27.5 Å². The fraction of sp³-hybridized carbons (Fsp3) is 0.154. The summed E-state index contributed by atoms with van der Waals surface area (Å²) in [5.41, 5.74) is 4.97. The lowest BCUT2D eigenvalue weighted by molar-refractivity contribution is -0.385. The number of hydrogen-bond donors (Lipinski definition) is 3. The lowest BCUT2D eigenvalue weighted by Crippen LogP contribution is -2.27. The van der Waals surface area contributed by atoms with Crippen LogP contribution in [0.25, 0.3) is 5.69 Å². The number of hydrogen-bond acceptors (Lipinski definition) is 9. The van der Waals surface area contributed by atoms with Gasteiger partial charge in [-0.05, 0) is 44.2 Å². The molecule has 1 heterocycles. The van der Waals surface area contributed by atoms with Crippen LogP contribution in [0.5, 0.6) is 5.75 Å². The van der Waals surface area contributed by atoms with Crippen LogP contribution in [0.15, 0.2) is 81.5 Å². The highest BCUT2D eigenvalue weighted by molar-refractivity contribution is 9.10. The third-order valence-electron chi connectivity index (χ3n) is 5.53. The number of phenolic OH excluding ortho intramolecular Hbond substituents is 1. The molecule has 200 valence electrons. The monoisotopic (exact) mass is 609 g/mol. The van der Waals surface area contributed by atoms with Crippen LogP contribution in [-0.2, 0) is 11.3 Å². The molecule has 3 N–H and O–H groups in total. The number of amides is 1. The Labute approximate surface area is 236 Å². The molecule has 4 aromatic rings. The molecule has 0 aliphatic heterocycles. The zero-order valence-corrected chi connectivity index (χ0v) is 23.3. The van der Waals surface area contributed by atoms with Crippen molar-refractivity contribution in [2.24, 2.45) is 5.10 Å². The third kappa shape index (κ3) is 7.00. The molecule has 11 nitrogen and oxygen atoms in total. The van der Waals surface area contributed by atoms with E-state index in [1.54, 1.807) is 6.92 Å². The maximum absolute atomic E-state index is 12.8. The Hall–Kier alpha value is -4.23. The lowest BCUT2D eigenvalue weighted by Gasteiger charge is -2.13. The summed E-state index contributed by atoms with van der Waals surface area (Å²) in [6.07, 6.45) is 1.14. The largest absolute Gasteiger partial charge is 0.502 e. The Balaban J connectivity index is 1.48. The van der Waals surface area contributed by atoms with Crippen LogP contribution in [0.1, 0.15) is 23.9 Å². The first-order chi connectivity index (χ1) is 18.7. The molecule has 1 atom stereocenters. The number of carbonyl (C=O) groups excluding carboxylic acids is 1. The maximum atomic E-state index is 12.8. The second-order valence-corrected chi connectivity index (χ2v) is 10.6. The number of rotatable bonds is 10. The highest BCUT2D eigenvalue weighted by Crippen LogP contribution is 2.32. The zero-order chi connectivity index (χ0) is 27.9. The summed E-state index contributed by atoms with van der Waals surface area (Å²) in [7, 11) is 0. The van der Waals surface area contributed by atoms with Gasteiger partial charge in [0.15, 0.2) is 11.0 Å². The van der Waals surface area contributed by atoms with Crippen molar-refractivity contribution in [3.05, 3.63) is 98.3 Å². The molecule has 1 amide bonds. The van der Waals surface area contributed by atoms with Gasteiger partial charge >= 0.3 is 5.69 Å². The number of halogens is 1. The van der Waals surface area contributed by atoms with E-state index in [1.165, 1.54) is 23.9 Å². The average Bonchev–Trinajstić information content (AvgIpc) is 3.32. The van der Waals surface area contributed by atoms with Crippen molar-refractivity contribution in [1.82, 2.24) is 20.2 Å². The first-order valence-electron chi connectivity index (χ1n) is 11.7. The van der Waals surface area contributed by atoms with E-state index >= 15 is 0 Å². The number of nitro benzene ring substituents is 1. The number of benzene rings is 3. The average molecular weight is 610 g/mol. The molecule has 1 unspecified atom stereocenters. The van der Waals surface area contributed by atoms with E-state index in [2.05, 4.69) is 42.0 Å². The minimum atomic E-state index is -0.706. The predicted molar refractivity (Wildman–Crippen MR) is 153 cm³/mol. The summed E-state index contributed by atoms with van der Waals surface area (Å²) in [6, 6.07) is 20.3. The summed E-state index contributed by atoms with van der Waals surface area (Å²) in [5, 5.41) is 37.1. The molecule has 0 saturated carbocycles. The highest BCUT2D eigenvalue weighted by atomic mass is 79.9. The number of nitrogens with one attached hydrogen (secondary N) is 2. The molecule has 13 heteroatoms. The summed E-state index contributed by atoms with van der Waals surface area (Å²) >= 11 is 4.37. The molecular formula is C26H24BrN7O4S. The molecule has 0 aliphatic rings. The zero-order valence-electron chi connectivity index (χ0n) is 20.9. The Morgan fingerprint density at radius 2 is 1.92 bits per heavy atom. The molecule has 0 bridgehead atoms. The number of aryl methyl sites for hydroxylation is 1. The fourth-order valence-electron chi connectivity index (χ4n) is 3.49. The summed E-state index contributed by atoms with van der Waals surface area (Å²) < 4.78 is 2.27. The Morgan fingerprint density at radius 3 is 2.62 bits per heavy atom. The summed E-state index contributed by atoms with van der Waals surface area (Å²) in [4.78, 5) is 23.2. The van der Waals surface area contributed by atoms with Crippen LogP contribution in [0.4, 0.5) is 11.4 Å². The second kappa shape index (κ2) is 12.5. The molecule has 1 aromatic heterocycles. The molecule has 4 rings (SSSR count). The Kier molecular flexibility index (Phi) is 8.94. The van der Waals surface area contributed by atoms with Gasteiger partial charge in [-0.25, -0.2) is 5.43 Å². The van der Waals surface area contributed by atoms with Gasteiger partial charge in [-0.15, -0.1) is 10.2 Å². The first kappa shape index (κ1) is 27.8. The number of thioether (sulfide) groups is 1. The molecule has 0 radical (unpaired) electrons. The van der Waals surface area contributed by atoms with Crippen molar-refractivity contribution in [3.63, 3.8) is 0 Å². The van der Waals surface area contributed by atoms with E-state index in [4.69, 9.17) is 0 Å². The van der Waals surface area contributed by atoms with Gasteiger partial charge in [0.2, 0.25) is 5.75 Å². The number of carbonyl (C=O) groups is 1. The van der Waals surface area contributed by atoms with E-state index in [9.17, 15) is 20.0 Å². The van der Waals surface area contributed by atoms with E-state index in [-0.39, 0.29) is 5.56 Å². The first-order valence-corrected chi connectivity index (χ1v) is 13.4. The predicted octanol–water partition coefficient (Wildman–Crippen LogP) is 5.20. The Morgan fingerprint density at radius 1 is 1.21 bits per heavy atom. The van der Waals surface area contributed by atoms with Crippen molar-refractivity contribution in [3.8, 4) is 11.4 Å². The quantitative estimate of drug-likeness (QED) is 0.0962. The van der Waals surface area contributed by atoms with Crippen molar-refractivity contribution in [1.29, 1.82) is 0 Å². The number of aromatic nitrogens is 3. The van der Waals surface area contributed by atoms with E-state index in [1.807, 2.05) is 66.1 Å². The van der Waals surface area contributed by atoms with E-state index in [0.29, 0.717) is 22.0 Å². The van der Waals surface area contributed by atoms with Crippen molar-refractivity contribution in [2.75, 3.05) is 5.32 Å². The van der Waals surface area contributed by atoms with Gasteiger partial charge in [0.1, 0.15) is 0 Å². The topological polar surface area (TPSA) is 148 Å². The van der Waals surface area contributed by atoms with Gasteiger partial charge in [0.25, 0.3) is 5.91 Å². The van der Waals surface area contributed by atoms with Crippen molar-refractivity contribution >= 4 is 51.2 Å². The second-order valence-electron chi connectivity index (χ2n) is 8.40. The molecular weight excluding hydrogens is 586 g/mol. The van der Waals surface area contributed by atoms with Gasteiger partial charge in [-0.3, -0.25) is 19.5 Å². The number of nitro groups is 1. The van der Waals surface area contributed by atoms with E-state index in [0.717, 1.165) is 23.2 Å². The van der Waals surface area contributed by atoms with Crippen molar-refractivity contribution in [2.45, 2.75) is 30.8 Å². The third-order valence-corrected chi connectivity index (χ3v) is 7.03. The van der Waals surface area contributed by atoms with Crippen LogP contribution < -0.4 is 10.7 Å². The van der Waals surface area contributed by atoms with Crippen LogP contribution in [0, 0.1) is 17.0 Å². The SMILES string of the molecule is Cc1ccc(NCc2nnc(SC(C)C(=O)NN=Cc3cc(Br)cc([N+](=O)[O-])c3O)n2-c2ccccc2)cc1. The number of aromatic hydroxyl groups is 1. The minimum Gasteiger partial charge on any atom is -0.502 e. The van der Waals surface area contributed by atoms with Gasteiger partial charge in [0, 0.05) is 27.5 Å². The number of phenols is 1. The molecule has 0 saturated heterocycles. The van der Waals surface area contributed by atoms with Gasteiger partial charge in [-0.1, -0.05) is 63.6 Å². The van der Waals surface area contributed by atoms with Gasteiger partial charge in [0.05, 0.1) is 22.9 Å². The molecule has 3 aromatic carbocycles. The van der Waals surface area contributed by atoms with Crippen LogP contribution in [-0.4, -0.2) is 42.2 Å². The molecule has 39 heavy (non-hydrogen) atoms. The summed E-state index contributed by atoms with van der Waals surface area (Å²) in [5.74, 6) is -0.310. The van der Waals surface area contributed by atoms with Crippen LogP contribution >= 0.6 is 27.7 Å². The number of anilines is 1. The van der Waals surface area contributed by atoms with Gasteiger partial charge in [-0.2, -0.15) is 5.10 Å². The smallest absolute Gasteiger partial charge is 0.312 e. The summed E-state index contributed by atoms with van der Waals surface area (Å²) in [6.45, 7) is 4.14. The highest BCUT2D eigenvalue weighted by Gasteiger charge is 2.22. The van der Waals surface area contributed by atoms with Crippen LogP contribution in [0.2, 0.25) is 0 Å². The Bertz CT molecular complexity index is 1510.